The fourth-order valence-corrected chi connectivity index (χ4v) is 13.5. The molecule has 0 aliphatic carbocycles. The third-order valence-corrected chi connectivity index (χ3v) is 17.3. The lowest BCUT2D eigenvalue weighted by Gasteiger charge is -2.36. The van der Waals surface area contributed by atoms with Crippen LogP contribution in [0.5, 0.6) is 0 Å². The molecule has 4 heteroatoms. The van der Waals surface area contributed by atoms with Gasteiger partial charge in [-0.1, -0.05) is 181 Å². The van der Waals surface area contributed by atoms with Gasteiger partial charge in [0.2, 0.25) is 13.4 Å². The molecule has 0 amide bonds. The number of aryl methyl sites for hydroxylation is 2. The normalized spacial score (nSPS) is 13.5. The first kappa shape index (κ1) is 48.5. The summed E-state index contributed by atoms with van der Waals surface area (Å²) in [5.74, 6) is 3.11. The second-order valence-corrected chi connectivity index (χ2v) is 25.0. The Hall–Kier alpha value is -5.73. The van der Waals surface area contributed by atoms with Crippen LogP contribution >= 0.6 is 0 Å². The van der Waals surface area contributed by atoms with Crippen molar-refractivity contribution in [1.82, 2.24) is 9.13 Å². The molecule has 9 aromatic rings. The van der Waals surface area contributed by atoms with Crippen molar-refractivity contribution in [2.24, 2.45) is 0 Å². The van der Waals surface area contributed by atoms with Crippen molar-refractivity contribution in [2.45, 2.75) is 172 Å². The molecule has 2 nitrogen and oxygen atoms in total. The first-order valence-electron chi connectivity index (χ1n) is 27.9. The Labute approximate surface area is 432 Å². The lowest BCUT2D eigenvalue weighted by molar-refractivity contribution is 0.812. The molecule has 72 heavy (non-hydrogen) atoms. The number of hydrogen-bond donors (Lipinski definition) is 0. The van der Waals surface area contributed by atoms with E-state index in [0.717, 1.165) is 0 Å². The van der Waals surface area contributed by atoms with Crippen LogP contribution in [0.2, 0.25) is 0 Å². The summed E-state index contributed by atoms with van der Waals surface area (Å²) in [6, 6.07) is 40.7. The van der Waals surface area contributed by atoms with Crippen LogP contribution in [0.1, 0.15) is 214 Å². The van der Waals surface area contributed by atoms with E-state index in [1.54, 1.807) is 0 Å². The van der Waals surface area contributed by atoms with Crippen molar-refractivity contribution in [1.29, 1.82) is 0 Å². The maximum absolute atomic E-state index is 2.73. The molecule has 2 aliphatic heterocycles. The minimum atomic E-state index is 0.0237. The first-order chi connectivity index (χ1) is 34.2. The van der Waals surface area contributed by atoms with E-state index in [1.807, 2.05) is 0 Å². The second-order valence-electron chi connectivity index (χ2n) is 25.0. The van der Waals surface area contributed by atoms with E-state index < -0.39 is 0 Å². The molecule has 0 spiro atoms. The van der Waals surface area contributed by atoms with Gasteiger partial charge in [0, 0.05) is 44.0 Å². The molecule has 0 bridgehead atoms. The summed E-state index contributed by atoms with van der Waals surface area (Å²) >= 11 is 0. The van der Waals surface area contributed by atoms with Gasteiger partial charge in [-0.3, -0.25) is 0 Å². The summed E-state index contributed by atoms with van der Waals surface area (Å²) in [6.07, 6.45) is 0. The van der Waals surface area contributed by atoms with Crippen LogP contribution in [-0.4, -0.2) is 22.6 Å². The van der Waals surface area contributed by atoms with Crippen molar-refractivity contribution in [3.63, 3.8) is 0 Å². The van der Waals surface area contributed by atoms with Gasteiger partial charge in [-0.25, -0.2) is 0 Å². The SMILES string of the molecule is Cc1cc2c3c(c1)c1cc(C(C)C)ccc1n3-c1cc3c(cc1B2c1c(C(C)C)cc(C(C)C)cc1C(C)C)-n1c2ccc(C(C)C)cc2c2cc(C)cc(c21)B3c1c(C(C)C)cc(C(C)C)cc1C(C)C. The van der Waals surface area contributed by atoms with E-state index in [0.29, 0.717) is 47.3 Å². The molecular weight excluding hydrogens is 866 g/mol. The van der Waals surface area contributed by atoms with Crippen molar-refractivity contribution in [3.8, 4) is 11.4 Å². The highest BCUT2D eigenvalue weighted by molar-refractivity contribution is 7.00. The van der Waals surface area contributed by atoms with Gasteiger partial charge in [-0.2, -0.15) is 0 Å². The largest absolute Gasteiger partial charge is 0.310 e. The number of aromatic nitrogens is 2. The van der Waals surface area contributed by atoms with Crippen molar-refractivity contribution >= 4 is 89.8 Å². The van der Waals surface area contributed by atoms with E-state index in [9.17, 15) is 0 Å². The second kappa shape index (κ2) is 17.5. The van der Waals surface area contributed by atoms with Crippen molar-refractivity contribution in [3.05, 3.63) is 153 Å². The summed E-state index contributed by atoms with van der Waals surface area (Å²) in [5, 5.41) is 5.46. The van der Waals surface area contributed by atoms with Crippen LogP contribution < -0.4 is 32.8 Å². The van der Waals surface area contributed by atoms with Crippen molar-refractivity contribution in [2.75, 3.05) is 0 Å². The number of fused-ring (bicyclic) bond motifs is 10. The summed E-state index contributed by atoms with van der Waals surface area (Å²) in [4.78, 5) is 0. The Balaban J connectivity index is 1.38. The predicted octanol–water partition coefficient (Wildman–Crippen LogP) is 15.1. The zero-order chi connectivity index (χ0) is 51.3. The highest BCUT2D eigenvalue weighted by Crippen LogP contribution is 2.41. The predicted molar refractivity (Wildman–Crippen MR) is 320 cm³/mol. The maximum Gasteiger partial charge on any atom is 0.247 e. The Morgan fingerprint density at radius 2 is 0.625 bits per heavy atom. The molecular formula is C68H78B2N2. The number of nitrogens with zero attached hydrogens (tertiary/aromatic N) is 2. The highest BCUT2D eigenvalue weighted by atomic mass is 15.0. The van der Waals surface area contributed by atoms with E-state index in [1.165, 1.54) is 143 Å². The molecule has 4 heterocycles. The molecule has 11 rings (SSSR count). The van der Waals surface area contributed by atoms with Crippen LogP contribution in [-0.2, 0) is 0 Å². The van der Waals surface area contributed by atoms with Gasteiger partial charge in [0.05, 0.1) is 11.0 Å². The van der Waals surface area contributed by atoms with E-state index >= 15 is 0 Å². The third kappa shape index (κ3) is 7.26. The average Bonchev–Trinajstić information content (AvgIpc) is 3.83. The smallest absolute Gasteiger partial charge is 0.247 e. The van der Waals surface area contributed by atoms with Gasteiger partial charge in [0.1, 0.15) is 0 Å². The van der Waals surface area contributed by atoms with Gasteiger partial charge in [-0.15, -0.1) is 0 Å². The lowest BCUT2D eigenvalue weighted by Crippen LogP contribution is -2.62. The molecule has 0 fully saturated rings. The molecule has 7 aromatic carbocycles. The quantitative estimate of drug-likeness (QED) is 0.121. The standard InChI is InChI=1S/C68H78B2N2/c1-35(2)45-19-21-61-53(27-45)55-23-43(17)25-59-67(55)71(61)63-33-58-64(34-57(63)69(59)65-49(39(9)10)29-47(37(5)6)30-50(65)40(11)12)72-62-22-20-46(36(3)4)28-54(62)56-24-44(18)26-60(68(56)72)70(58)66-51(41(13)14)31-48(38(7)8)32-52(66)42(15)16/h19-42H,1-18H3. The van der Waals surface area contributed by atoms with Gasteiger partial charge < -0.3 is 9.13 Å². The van der Waals surface area contributed by atoms with E-state index in [2.05, 4.69) is 231 Å². The summed E-state index contributed by atoms with van der Waals surface area (Å²) in [6.45, 7) is 43.0. The van der Waals surface area contributed by atoms with Gasteiger partial charge >= 0.3 is 0 Å². The van der Waals surface area contributed by atoms with Crippen LogP contribution in [0.25, 0.3) is 55.0 Å². The Kier molecular flexibility index (Phi) is 11.8. The summed E-state index contributed by atoms with van der Waals surface area (Å²) in [5.41, 5.74) is 31.0. The molecule has 0 saturated heterocycles. The first-order valence-corrected chi connectivity index (χ1v) is 27.9. The fourth-order valence-electron chi connectivity index (χ4n) is 13.5. The topological polar surface area (TPSA) is 9.86 Å². The van der Waals surface area contributed by atoms with E-state index in [4.69, 9.17) is 0 Å². The highest BCUT2D eigenvalue weighted by Gasteiger charge is 2.43. The zero-order valence-electron chi connectivity index (χ0n) is 46.9. The summed E-state index contributed by atoms with van der Waals surface area (Å²) in [7, 11) is 0. The number of rotatable bonds is 10. The molecule has 0 atom stereocenters. The minimum Gasteiger partial charge on any atom is -0.310 e. The van der Waals surface area contributed by atoms with Crippen LogP contribution in [0.3, 0.4) is 0 Å². The van der Waals surface area contributed by atoms with Crippen LogP contribution in [0.15, 0.2) is 97.1 Å². The average molecular weight is 945 g/mol. The van der Waals surface area contributed by atoms with Gasteiger partial charge in [-0.05, 0) is 176 Å². The van der Waals surface area contributed by atoms with Gasteiger partial charge in [0.15, 0.2) is 0 Å². The molecule has 2 aromatic heterocycles. The Morgan fingerprint density at radius 1 is 0.306 bits per heavy atom. The number of benzene rings is 7. The molecule has 2 aliphatic rings. The third-order valence-electron chi connectivity index (χ3n) is 17.3. The van der Waals surface area contributed by atoms with E-state index in [-0.39, 0.29) is 13.4 Å². The Bertz CT molecular complexity index is 3390. The summed E-state index contributed by atoms with van der Waals surface area (Å²) < 4.78 is 5.44. The van der Waals surface area contributed by atoms with Gasteiger partial charge in [0.25, 0.3) is 0 Å². The van der Waals surface area contributed by atoms with Crippen LogP contribution in [0, 0.1) is 13.8 Å². The van der Waals surface area contributed by atoms with Crippen LogP contribution in [0.4, 0.5) is 0 Å². The molecule has 366 valence electrons. The zero-order valence-corrected chi connectivity index (χ0v) is 46.9. The Morgan fingerprint density at radius 3 is 0.917 bits per heavy atom. The maximum atomic E-state index is 2.73. The molecule has 0 radical (unpaired) electrons. The minimum absolute atomic E-state index is 0.0237. The molecule has 0 unspecified atom stereocenters. The lowest BCUT2D eigenvalue weighted by atomic mass is 9.31. The fraction of sp³-hybridized carbons (Fsp3) is 0.382. The molecule has 0 N–H and O–H groups in total. The molecule has 0 saturated carbocycles. The monoisotopic (exact) mass is 945 g/mol. The van der Waals surface area contributed by atoms with Crippen molar-refractivity contribution < 1.29 is 0 Å². The number of hydrogen-bond acceptors (Lipinski definition) is 0.